The zero-order chi connectivity index (χ0) is 42.5. The Bertz CT molecular complexity index is 2620. The van der Waals surface area contributed by atoms with E-state index in [4.69, 9.17) is 37.9 Å². The average molecular weight is 852 g/mol. The number of amides is 2. The quantitative estimate of drug-likeness (QED) is 0.105. The van der Waals surface area contributed by atoms with E-state index in [0.717, 1.165) is 38.9 Å². The second-order valence-electron chi connectivity index (χ2n) is 15.1. The summed E-state index contributed by atoms with van der Waals surface area (Å²) in [4.78, 5) is 42.3. The number of carboxylic acid groups (broad SMARTS) is 1. The third kappa shape index (κ3) is 9.72. The second-order valence-corrected chi connectivity index (χ2v) is 15.9. The molecule has 2 amide bonds. The van der Waals surface area contributed by atoms with Gasteiger partial charge in [-0.1, -0.05) is 108 Å². The van der Waals surface area contributed by atoms with E-state index in [-0.39, 0.29) is 24.8 Å². The number of anilines is 1. The van der Waals surface area contributed by atoms with Gasteiger partial charge in [-0.05, 0) is 100 Å². The molecular weight excluding hydrogens is 811 g/mol. The molecule has 0 bridgehead atoms. The van der Waals surface area contributed by atoms with E-state index in [2.05, 4.69) is 21.6 Å². The van der Waals surface area contributed by atoms with Crippen molar-refractivity contribution in [2.45, 2.75) is 50.6 Å². The highest BCUT2D eigenvalue weighted by Gasteiger charge is 2.36. The number of carbonyl (C=O) groups excluding carboxylic acids is 2. The fraction of sp³-hybridized carbons (Fsp3) is 0.184. The molecule has 306 valence electrons. The van der Waals surface area contributed by atoms with Crippen LogP contribution < -0.4 is 20.1 Å². The highest BCUT2D eigenvalue weighted by atomic mass is 35.5. The number of nitriles is 1. The van der Waals surface area contributed by atoms with Gasteiger partial charge in [-0.2, -0.15) is 5.26 Å². The van der Waals surface area contributed by atoms with Crippen LogP contribution in [0.25, 0.3) is 11.1 Å². The van der Waals surface area contributed by atoms with Crippen LogP contribution in [0, 0.1) is 11.3 Å². The van der Waals surface area contributed by atoms with Crippen molar-refractivity contribution in [1.29, 1.82) is 5.26 Å². The molecule has 6 aromatic rings. The first-order valence-corrected chi connectivity index (χ1v) is 20.6. The number of carbonyl (C=O) groups is 3. The molecule has 61 heavy (non-hydrogen) atoms. The molecule has 0 saturated carbocycles. The minimum atomic E-state index is -1.16. The normalized spacial score (nSPS) is 16.2. The lowest BCUT2D eigenvalue weighted by Gasteiger charge is -2.37. The van der Waals surface area contributed by atoms with Crippen LogP contribution in [0.1, 0.15) is 45.0 Å². The largest absolute Gasteiger partial charge is 0.489 e. The van der Waals surface area contributed by atoms with E-state index in [1.165, 1.54) is 0 Å². The van der Waals surface area contributed by atoms with Crippen LogP contribution in [0.3, 0.4) is 0 Å². The van der Waals surface area contributed by atoms with Gasteiger partial charge in [0.2, 0.25) is 12.0 Å². The third-order valence-electron chi connectivity index (χ3n) is 11.0. The number of hydrogen-bond acceptors (Lipinski definition) is 7. The maximum Gasteiger partial charge on any atom is 0.326 e. The molecule has 0 saturated heterocycles. The molecule has 3 N–H and O–H groups in total. The van der Waals surface area contributed by atoms with Gasteiger partial charge in [0.1, 0.15) is 24.1 Å². The van der Waals surface area contributed by atoms with Crippen LogP contribution in [0.15, 0.2) is 133 Å². The molecule has 2 aliphatic rings. The number of aliphatic carboxylic acids is 1. The molecule has 0 aromatic heterocycles. The number of fused-ring (bicyclic) bond motifs is 2. The molecule has 0 aliphatic carbocycles. The number of nitrogens with zero attached hydrogens (tertiary/aromatic N) is 2. The Morgan fingerprint density at radius 2 is 1.56 bits per heavy atom. The Morgan fingerprint density at radius 1 is 0.852 bits per heavy atom. The molecule has 0 spiro atoms. The standard InChI is InChI=1S/C49H40Cl2N4O6/c50-40-19-10-33(22-41(40)51)29-60-39-17-15-36(16-18-39)46-48(57)53-42-24-37-25-44(55(28-38(37)26-45(42)61-46)21-20-30-4-2-1-3-5-30)47(56)54-43(49(58)59)23-31-6-11-34(12-7-31)35-13-8-32(27-52)9-14-35/h1-19,22,24,26,43-44,46H,20-21,23,25,28-29H2,(H,53,57)(H,54,56)(H,58,59)/t43-,44?,46?/m0/s1. The molecule has 12 heteroatoms. The topological polar surface area (TPSA) is 141 Å². The van der Waals surface area contributed by atoms with Crippen molar-refractivity contribution in [2.24, 2.45) is 0 Å². The van der Waals surface area contributed by atoms with Gasteiger partial charge in [0.25, 0.3) is 5.91 Å². The Labute approximate surface area is 363 Å². The summed E-state index contributed by atoms with van der Waals surface area (Å²) in [5.41, 5.74) is 8.14. The van der Waals surface area contributed by atoms with Crippen LogP contribution >= 0.6 is 23.2 Å². The third-order valence-corrected chi connectivity index (χ3v) is 11.8. The lowest BCUT2D eigenvalue weighted by Crippen LogP contribution is -2.54. The number of hydrogen-bond donors (Lipinski definition) is 3. The average Bonchev–Trinajstić information content (AvgIpc) is 3.28. The van der Waals surface area contributed by atoms with Crippen molar-refractivity contribution in [1.82, 2.24) is 10.2 Å². The van der Waals surface area contributed by atoms with Gasteiger partial charge in [0, 0.05) is 25.1 Å². The fourth-order valence-corrected chi connectivity index (χ4v) is 8.00. The summed E-state index contributed by atoms with van der Waals surface area (Å²) in [5, 5.41) is 26.2. The van der Waals surface area contributed by atoms with Crippen LogP contribution in [0.2, 0.25) is 10.0 Å². The predicted octanol–water partition coefficient (Wildman–Crippen LogP) is 8.96. The van der Waals surface area contributed by atoms with Crippen LogP contribution in [0.5, 0.6) is 11.5 Å². The van der Waals surface area contributed by atoms with Crippen molar-refractivity contribution in [3.05, 3.63) is 182 Å². The fourth-order valence-electron chi connectivity index (χ4n) is 7.68. The second kappa shape index (κ2) is 18.3. The molecule has 3 atom stereocenters. The van der Waals surface area contributed by atoms with E-state index < -0.39 is 24.2 Å². The van der Waals surface area contributed by atoms with Crippen LogP contribution in [-0.4, -0.2) is 46.4 Å². The van der Waals surface area contributed by atoms with Crippen molar-refractivity contribution in [3.8, 4) is 28.7 Å². The first-order chi connectivity index (χ1) is 29.6. The van der Waals surface area contributed by atoms with Crippen molar-refractivity contribution in [3.63, 3.8) is 0 Å². The first-order valence-electron chi connectivity index (χ1n) is 19.8. The molecule has 2 unspecified atom stereocenters. The number of halogens is 2. The number of ether oxygens (including phenoxy) is 2. The number of benzene rings is 6. The summed E-state index contributed by atoms with van der Waals surface area (Å²) in [6, 6.07) is 41.3. The lowest BCUT2D eigenvalue weighted by atomic mass is 9.91. The number of rotatable bonds is 13. The first kappa shape index (κ1) is 41.1. The van der Waals surface area contributed by atoms with E-state index in [0.29, 0.717) is 64.3 Å². The van der Waals surface area contributed by atoms with Crippen molar-refractivity contribution in [2.75, 3.05) is 11.9 Å². The molecule has 6 aromatic carbocycles. The van der Waals surface area contributed by atoms with Gasteiger partial charge in [-0.3, -0.25) is 14.5 Å². The zero-order valence-corrected chi connectivity index (χ0v) is 34.3. The Hall–Kier alpha value is -6.64. The highest BCUT2D eigenvalue weighted by Crippen LogP contribution is 2.40. The highest BCUT2D eigenvalue weighted by molar-refractivity contribution is 6.42. The Morgan fingerprint density at radius 3 is 2.25 bits per heavy atom. The smallest absolute Gasteiger partial charge is 0.326 e. The molecule has 2 aliphatic heterocycles. The van der Waals surface area contributed by atoms with Gasteiger partial charge in [-0.25, -0.2) is 4.79 Å². The Balaban J connectivity index is 0.970. The predicted molar refractivity (Wildman–Crippen MR) is 234 cm³/mol. The summed E-state index contributed by atoms with van der Waals surface area (Å²) in [6.45, 7) is 1.25. The van der Waals surface area contributed by atoms with E-state index in [1.54, 1.807) is 48.5 Å². The van der Waals surface area contributed by atoms with Gasteiger partial charge < -0.3 is 25.2 Å². The van der Waals surface area contributed by atoms with Gasteiger partial charge in [0.05, 0.1) is 33.4 Å². The minimum Gasteiger partial charge on any atom is -0.489 e. The maximum atomic E-state index is 14.2. The minimum absolute atomic E-state index is 0.0918. The molecule has 8 rings (SSSR count). The van der Waals surface area contributed by atoms with E-state index >= 15 is 0 Å². The summed E-state index contributed by atoms with van der Waals surface area (Å²) >= 11 is 12.2. The maximum absolute atomic E-state index is 14.2. The summed E-state index contributed by atoms with van der Waals surface area (Å²) in [7, 11) is 0. The number of carboxylic acids is 1. The lowest BCUT2D eigenvalue weighted by molar-refractivity contribution is -0.142. The molecule has 0 radical (unpaired) electrons. The molecule has 0 fully saturated rings. The van der Waals surface area contributed by atoms with Crippen molar-refractivity contribution >= 4 is 46.7 Å². The van der Waals surface area contributed by atoms with E-state index in [1.807, 2.05) is 84.9 Å². The van der Waals surface area contributed by atoms with Gasteiger partial charge in [0.15, 0.2) is 0 Å². The summed E-state index contributed by atoms with van der Waals surface area (Å²) in [6.07, 6.45) is 0.179. The Kier molecular flexibility index (Phi) is 12.3. The van der Waals surface area contributed by atoms with Crippen LogP contribution in [-0.2, 0) is 46.8 Å². The number of nitrogens with one attached hydrogen (secondary N) is 2. The molecule has 10 nitrogen and oxygen atoms in total. The molecule has 2 heterocycles. The zero-order valence-electron chi connectivity index (χ0n) is 32.8. The summed E-state index contributed by atoms with van der Waals surface area (Å²) in [5.74, 6) is -0.724. The van der Waals surface area contributed by atoms with E-state index in [9.17, 15) is 19.5 Å². The monoisotopic (exact) mass is 850 g/mol. The summed E-state index contributed by atoms with van der Waals surface area (Å²) < 4.78 is 12.3. The SMILES string of the molecule is N#Cc1ccc(-c2ccc(C[C@H](NC(=O)C3Cc4cc5c(cc4CN3CCc3ccccc3)OC(c3ccc(OCc4ccc(Cl)c(Cl)c4)cc3)C(=O)N5)C(=O)O)cc2)cc1. The van der Waals surface area contributed by atoms with Gasteiger partial charge >= 0.3 is 5.97 Å². The van der Waals surface area contributed by atoms with Gasteiger partial charge in [-0.15, -0.1) is 0 Å². The van der Waals surface area contributed by atoms with Crippen molar-refractivity contribution < 1.29 is 29.0 Å². The van der Waals surface area contributed by atoms with Crippen LogP contribution in [0.4, 0.5) is 5.69 Å². The molecular formula is C49H40Cl2N4O6.